The Morgan fingerprint density at radius 2 is 2.05 bits per heavy atom. The van der Waals surface area contributed by atoms with Gasteiger partial charge < -0.3 is 9.84 Å². The largest absolute Gasteiger partial charge is 0.451 e. The average molecular weight is 264 g/mol. The Bertz CT molecular complexity index is 564. The Labute approximate surface area is 111 Å². The number of nitrogens with zero attached hydrogens (tertiary/aromatic N) is 2. The number of aliphatic hydroxyl groups is 1. The summed E-state index contributed by atoms with van der Waals surface area (Å²) in [5.41, 5.74) is 0.516. The van der Waals surface area contributed by atoms with E-state index in [1.54, 1.807) is 30.1 Å². The van der Waals surface area contributed by atoms with Crippen LogP contribution in [0.25, 0.3) is 0 Å². The van der Waals surface area contributed by atoms with Crippen LogP contribution in [0.3, 0.4) is 0 Å². The Morgan fingerprint density at radius 3 is 2.58 bits per heavy atom. The molecule has 1 aromatic carbocycles. The fourth-order valence-electron chi connectivity index (χ4n) is 1.64. The molecule has 19 heavy (non-hydrogen) atoms. The number of rotatable bonds is 4. The van der Waals surface area contributed by atoms with E-state index in [-0.39, 0.29) is 11.8 Å². The van der Waals surface area contributed by atoms with Crippen LogP contribution in [0.15, 0.2) is 30.6 Å². The molecule has 2 rings (SSSR count). The zero-order chi connectivity index (χ0) is 14.0. The van der Waals surface area contributed by atoms with Crippen molar-refractivity contribution < 1.29 is 14.2 Å². The van der Waals surface area contributed by atoms with E-state index in [0.717, 1.165) is 0 Å². The van der Waals surface area contributed by atoms with Gasteiger partial charge in [0.2, 0.25) is 0 Å². The van der Waals surface area contributed by atoms with Crippen molar-refractivity contribution >= 4 is 0 Å². The van der Waals surface area contributed by atoms with Gasteiger partial charge in [-0.2, -0.15) is 5.10 Å². The van der Waals surface area contributed by atoms with Crippen molar-refractivity contribution in [1.82, 2.24) is 9.78 Å². The molecule has 1 aromatic heterocycles. The minimum atomic E-state index is -0.702. The number of aliphatic hydroxyl groups excluding tert-OH is 1. The molecule has 0 amide bonds. The van der Waals surface area contributed by atoms with E-state index < -0.39 is 11.9 Å². The first-order valence-corrected chi connectivity index (χ1v) is 6.17. The molecule has 0 saturated carbocycles. The monoisotopic (exact) mass is 264 g/mol. The van der Waals surface area contributed by atoms with Crippen molar-refractivity contribution in [2.75, 3.05) is 0 Å². The molecule has 0 fully saturated rings. The molecule has 0 saturated heterocycles. The van der Waals surface area contributed by atoms with Gasteiger partial charge in [0.25, 0.3) is 0 Å². The highest BCUT2D eigenvalue weighted by Crippen LogP contribution is 2.27. The van der Waals surface area contributed by atoms with E-state index in [1.165, 1.54) is 12.1 Å². The molecular formula is C14H17FN2O2. The number of hydrogen-bond donors (Lipinski definition) is 1. The van der Waals surface area contributed by atoms with Gasteiger partial charge in [-0.1, -0.05) is 6.07 Å². The standard InChI is InChI=1S/C14H17FN2O2/c1-9(2)17-8-12(7-16-17)19-14-5-4-11(10(3)18)6-13(14)15/h4-10,18H,1-3H3/t10-/m0/s1. The Balaban J connectivity index is 2.18. The van der Waals surface area contributed by atoms with E-state index in [2.05, 4.69) is 5.10 Å². The Kier molecular flexibility index (Phi) is 3.85. The molecule has 1 atom stereocenters. The summed E-state index contributed by atoms with van der Waals surface area (Å²) >= 11 is 0. The van der Waals surface area contributed by atoms with Gasteiger partial charge in [0.05, 0.1) is 18.5 Å². The Hall–Kier alpha value is -1.88. The zero-order valence-electron chi connectivity index (χ0n) is 11.2. The van der Waals surface area contributed by atoms with Crippen LogP contribution in [0, 0.1) is 5.82 Å². The molecule has 0 aliphatic carbocycles. The summed E-state index contributed by atoms with van der Waals surface area (Å²) < 4.78 is 21.0. The van der Waals surface area contributed by atoms with Crippen LogP contribution in [-0.2, 0) is 0 Å². The van der Waals surface area contributed by atoms with E-state index in [4.69, 9.17) is 4.74 Å². The lowest BCUT2D eigenvalue weighted by atomic mass is 10.1. The number of benzene rings is 1. The summed E-state index contributed by atoms with van der Waals surface area (Å²) in [7, 11) is 0. The van der Waals surface area contributed by atoms with Crippen LogP contribution < -0.4 is 4.74 Å². The summed E-state index contributed by atoms with van der Waals surface area (Å²) in [4.78, 5) is 0. The van der Waals surface area contributed by atoms with Crippen molar-refractivity contribution in [2.24, 2.45) is 0 Å². The molecule has 0 aliphatic rings. The van der Waals surface area contributed by atoms with Crippen molar-refractivity contribution in [3.05, 3.63) is 42.0 Å². The molecule has 2 aromatic rings. The molecule has 1 N–H and O–H groups in total. The van der Waals surface area contributed by atoms with Gasteiger partial charge >= 0.3 is 0 Å². The second-order valence-electron chi connectivity index (χ2n) is 4.72. The van der Waals surface area contributed by atoms with Gasteiger partial charge in [-0.3, -0.25) is 4.68 Å². The third-order valence-corrected chi connectivity index (χ3v) is 2.77. The maximum atomic E-state index is 13.8. The first-order valence-electron chi connectivity index (χ1n) is 6.17. The van der Waals surface area contributed by atoms with Crippen molar-refractivity contribution in [2.45, 2.75) is 32.9 Å². The van der Waals surface area contributed by atoms with E-state index in [9.17, 15) is 9.50 Å². The molecule has 0 unspecified atom stereocenters. The third kappa shape index (κ3) is 3.12. The average Bonchev–Trinajstić information content (AvgIpc) is 2.80. The summed E-state index contributed by atoms with van der Waals surface area (Å²) in [6.45, 7) is 5.57. The summed E-state index contributed by atoms with van der Waals surface area (Å²) in [5, 5.41) is 13.5. The van der Waals surface area contributed by atoms with E-state index >= 15 is 0 Å². The van der Waals surface area contributed by atoms with Crippen LogP contribution in [-0.4, -0.2) is 14.9 Å². The number of ether oxygens (including phenoxy) is 1. The topological polar surface area (TPSA) is 47.3 Å². The lowest BCUT2D eigenvalue weighted by Crippen LogP contribution is -1.99. The van der Waals surface area contributed by atoms with Crippen molar-refractivity contribution in [3.8, 4) is 11.5 Å². The van der Waals surface area contributed by atoms with Gasteiger partial charge in [0, 0.05) is 6.04 Å². The van der Waals surface area contributed by atoms with Crippen LogP contribution in [0.2, 0.25) is 0 Å². The highest BCUT2D eigenvalue weighted by atomic mass is 19.1. The first-order chi connectivity index (χ1) is 8.97. The lowest BCUT2D eigenvalue weighted by molar-refractivity contribution is 0.198. The minimum absolute atomic E-state index is 0.118. The highest BCUT2D eigenvalue weighted by molar-refractivity contribution is 5.33. The summed E-state index contributed by atoms with van der Waals surface area (Å²) in [5.74, 6) is 0.0980. The summed E-state index contributed by atoms with van der Waals surface area (Å²) in [6, 6.07) is 4.63. The van der Waals surface area contributed by atoms with Crippen LogP contribution >= 0.6 is 0 Å². The third-order valence-electron chi connectivity index (χ3n) is 2.77. The SMILES string of the molecule is CC(C)n1cc(Oc2ccc([C@H](C)O)cc2F)cn1. The van der Waals surface area contributed by atoms with Crippen molar-refractivity contribution in [3.63, 3.8) is 0 Å². The van der Waals surface area contributed by atoms with Crippen molar-refractivity contribution in [1.29, 1.82) is 0 Å². The number of aromatic nitrogens is 2. The lowest BCUT2D eigenvalue weighted by Gasteiger charge is -2.08. The molecule has 5 heteroatoms. The molecule has 0 bridgehead atoms. The van der Waals surface area contributed by atoms with Gasteiger partial charge in [0.15, 0.2) is 17.3 Å². The molecule has 0 aliphatic heterocycles. The predicted octanol–water partition coefficient (Wildman–Crippen LogP) is 3.45. The maximum absolute atomic E-state index is 13.8. The number of halogens is 1. The zero-order valence-corrected chi connectivity index (χ0v) is 11.2. The number of hydrogen-bond acceptors (Lipinski definition) is 3. The van der Waals surface area contributed by atoms with Gasteiger partial charge in [-0.05, 0) is 38.5 Å². The minimum Gasteiger partial charge on any atom is -0.451 e. The normalized spacial score (nSPS) is 12.7. The molecule has 1 heterocycles. The van der Waals surface area contributed by atoms with Crippen LogP contribution in [0.4, 0.5) is 4.39 Å². The molecular weight excluding hydrogens is 247 g/mol. The fraction of sp³-hybridized carbons (Fsp3) is 0.357. The van der Waals surface area contributed by atoms with Crippen LogP contribution in [0.5, 0.6) is 11.5 Å². The second-order valence-corrected chi connectivity index (χ2v) is 4.72. The fourth-order valence-corrected chi connectivity index (χ4v) is 1.64. The van der Waals surface area contributed by atoms with Gasteiger partial charge in [-0.25, -0.2) is 4.39 Å². The Morgan fingerprint density at radius 1 is 1.32 bits per heavy atom. The maximum Gasteiger partial charge on any atom is 0.166 e. The molecule has 102 valence electrons. The highest BCUT2D eigenvalue weighted by Gasteiger charge is 2.10. The summed E-state index contributed by atoms with van der Waals surface area (Å²) in [6.07, 6.45) is 2.56. The van der Waals surface area contributed by atoms with E-state index in [0.29, 0.717) is 11.3 Å². The molecule has 4 nitrogen and oxygen atoms in total. The first kappa shape index (κ1) is 13.5. The second kappa shape index (κ2) is 5.40. The van der Waals surface area contributed by atoms with Gasteiger partial charge in [-0.15, -0.1) is 0 Å². The van der Waals surface area contributed by atoms with Crippen LogP contribution in [0.1, 0.15) is 38.5 Å². The molecule has 0 radical (unpaired) electrons. The van der Waals surface area contributed by atoms with Gasteiger partial charge in [0.1, 0.15) is 0 Å². The predicted molar refractivity (Wildman–Crippen MR) is 69.7 cm³/mol. The molecule has 0 spiro atoms. The quantitative estimate of drug-likeness (QED) is 0.920. The smallest absolute Gasteiger partial charge is 0.166 e. The van der Waals surface area contributed by atoms with E-state index in [1.807, 2.05) is 13.8 Å².